The molecule has 48 heavy (non-hydrogen) atoms. The Morgan fingerprint density at radius 3 is 2.12 bits per heavy atom. The van der Waals surface area contributed by atoms with Gasteiger partial charge in [0.1, 0.15) is 22.9 Å². The molecule has 8 nitrogen and oxygen atoms in total. The van der Waals surface area contributed by atoms with Crippen LogP contribution in [0.3, 0.4) is 0 Å². The molecule has 3 aliphatic rings. The van der Waals surface area contributed by atoms with Crippen molar-refractivity contribution >= 4 is 21.7 Å². The second-order valence-corrected chi connectivity index (χ2v) is 14.4. The van der Waals surface area contributed by atoms with Crippen LogP contribution >= 0.6 is 0 Å². The number of benzene rings is 2. The zero-order valence-corrected chi connectivity index (χ0v) is 26.2. The number of amides is 1. The van der Waals surface area contributed by atoms with E-state index in [2.05, 4.69) is 0 Å². The number of aliphatic carboxylic acids is 1. The van der Waals surface area contributed by atoms with Gasteiger partial charge in [-0.15, -0.1) is 0 Å². The van der Waals surface area contributed by atoms with Gasteiger partial charge < -0.3 is 19.5 Å². The van der Waals surface area contributed by atoms with Gasteiger partial charge in [0.2, 0.25) is 0 Å². The highest BCUT2D eigenvalue weighted by molar-refractivity contribution is 7.92. The van der Waals surface area contributed by atoms with Crippen LogP contribution in [0.1, 0.15) is 56.6 Å². The van der Waals surface area contributed by atoms with E-state index >= 15 is 8.78 Å². The summed E-state index contributed by atoms with van der Waals surface area (Å²) in [6.45, 7) is 0.949. The second-order valence-electron chi connectivity index (χ2n) is 12.2. The number of ether oxygens (including phenoxy) is 2. The van der Waals surface area contributed by atoms with Crippen LogP contribution in [0, 0.1) is 5.92 Å². The van der Waals surface area contributed by atoms with E-state index in [4.69, 9.17) is 9.47 Å². The van der Waals surface area contributed by atoms with Gasteiger partial charge in [0, 0.05) is 17.7 Å². The van der Waals surface area contributed by atoms with Gasteiger partial charge >= 0.3 is 24.0 Å². The van der Waals surface area contributed by atoms with E-state index < -0.39 is 98.4 Å². The lowest BCUT2D eigenvalue weighted by Crippen LogP contribution is -2.66. The molecule has 0 spiro atoms. The molecule has 5 rings (SSSR count). The number of rotatable bonds is 7. The van der Waals surface area contributed by atoms with Gasteiger partial charge in [-0.3, -0.25) is 9.59 Å². The van der Waals surface area contributed by atoms with Crippen LogP contribution in [0.25, 0.3) is 0 Å². The van der Waals surface area contributed by atoms with Crippen LogP contribution in [-0.2, 0) is 29.8 Å². The fourth-order valence-electron chi connectivity index (χ4n) is 7.07. The first-order chi connectivity index (χ1) is 22.2. The van der Waals surface area contributed by atoms with E-state index in [0.29, 0.717) is 6.07 Å². The van der Waals surface area contributed by atoms with Crippen molar-refractivity contribution < 1.29 is 67.7 Å². The number of carboxylic acid groups (broad SMARTS) is 1. The van der Waals surface area contributed by atoms with E-state index in [1.807, 2.05) is 0 Å². The number of nitrogens with zero attached hydrogens (tertiary/aromatic N) is 1. The largest absolute Gasteiger partial charge is 0.494 e. The third-order valence-corrected chi connectivity index (χ3v) is 12.1. The third-order valence-electron chi connectivity index (χ3n) is 9.57. The molecule has 2 heterocycles. The Labute approximate surface area is 269 Å². The first-order valence-electron chi connectivity index (χ1n) is 15.0. The van der Waals surface area contributed by atoms with Crippen molar-refractivity contribution in [1.29, 1.82) is 0 Å². The monoisotopic (exact) mass is 713 g/mol. The Morgan fingerprint density at radius 2 is 1.58 bits per heavy atom. The number of carbonyl (C=O) groups is 2. The molecule has 1 N–H and O–H groups in total. The molecule has 2 unspecified atom stereocenters. The van der Waals surface area contributed by atoms with Crippen LogP contribution < -0.4 is 9.47 Å². The summed E-state index contributed by atoms with van der Waals surface area (Å²) in [7, 11) is -4.74. The van der Waals surface area contributed by atoms with Crippen molar-refractivity contribution in [2.45, 2.75) is 84.8 Å². The number of likely N-dealkylation sites (tertiary alicyclic amines) is 1. The molecule has 0 bridgehead atoms. The highest BCUT2D eigenvalue weighted by Gasteiger charge is 2.74. The Kier molecular flexibility index (Phi) is 8.96. The Morgan fingerprint density at radius 1 is 0.979 bits per heavy atom. The number of carbonyl (C=O) groups excluding carboxylic acids is 1. The highest BCUT2D eigenvalue weighted by atomic mass is 32.2. The van der Waals surface area contributed by atoms with Crippen LogP contribution in [0.15, 0.2) is 47.4 Å². The predicted octanol–water partition coefficient (Wildman–Crippen LogP) is 6.41. The molecule has 2 atom stereocenters. The molecular formula is C31H31F8NO7S. The summed E-state index contributed by atoms with van der Waals surface area (Å²) in [6.07, 6.45) is -14.6. The molecule has 0 aromatic heterocycles. The average Bonchev–Trinajstić information content (AvgIpc) is 3.02. The fourth-order valence-corrected chi connectivity index (χ4v) is 9.41. The Bertz CT molecular complexity index is 1660. The normalized spacial score (nSPS) is 26.6. The zero-order valence-electron chi connectivity index (χ0n) is 25.3. The van der Waals surface area contributed by atoms with Crippen molar-refractivity contribution in [3.63, 3.8) is 0 Å². The van der Waals surface area contributed by atoms with Crippen molar-refractivity contribution in [2.75, 3.05) is 19.8 Å². The standard InChI is InChI=1S/C31H31F8NO7S/c1-2-46-20-5-7-21(8-6-20)48(44,45)28-12-3-15-40(26(43)27(32)13-10-18(11-14-27)25(41)42)24(28)17-47-23-16-19(4-9-22(23)28)29(33,30(34,35)36)31(37,38)39/h4-9,16,18,24H,2-3,10-15,17H2,1H3,(H,41,42). The Balaban J connectivity index is 1.67. The van der Waals surface area contributed by atoms with Gasteiger partial charge in [-0.05, 0) is 75.8 Å². The van der Waals surface area contributed by atoms with Crippen LogP contribution in [-0.4, -0.2) is 74.1 Å². The lowest BCUT2D eigenvalue weighted by Gasteiger charge is -2.53. The maximum Gasteiger partial charge on any atom is 0.435 e. The summed E-state index contributed by atoms with van der Waals surface area (Å²) in [5.41, 5.74) is -10.7. The van der Waals surface area contributed by atoms with E-state index in [1.165, 1.54) is 24.3 Å². The SMILES string of the molecule is CCOc1ccc(S(=O)(=O)C23CCCN(C(=O)C4(F)CCC(C(=O)O)CC4)C2COc2cc(C(F)(C(F)(F)F)C(F)(F)F)ccc23)cc1. The maximum atomic E-state index is 16.3. The fraction of sp³-hybridized carbons (Fsp3) is 0.548. The second kappa shape index (κ2) is 12.1. The van der Waals surface area contributed by atoms with Crippen molar-refractivity contribution in [3.8, 4) is 11.5 Å². The smallest absolute Gasteiger partial charge is 0.435 e. The molecule has 2 aromatic carbocycles. The number of alkyl halides is 8. The number of hydrogen-bond donors (Lipinski definition) is 1. The highest BCUT2D eigenvalue weighted by Crippen LogP contribution is 2.57. The molecule has 264 valence electrons. The maximum absolute atomic E-state index is 16.3. The number of fused-ring (bicyclic) bond motifs is 3. The van der Waals surface area contributed by atoms with Crippen LogP contribution in [0.5, 0.6) is 11.5 Å². The van der Waals surface area contributed by atoms with Gasteiger partial charge in [-0.25, -0.2) is 17.2 Å². The number of piperidine rings is 1. The predicted molar refractivity (Wildman–Crippen MR) is 151 cm³/mol. The van der Waals surface area contributed by atoms with E-state index in [-0.39, 0.29) is 61.6 Å². The minimum Gasteiger partial charge on any atom is -0.494 e. The van der Waals surface area contributed by atoms with Crippen molar-refractivity contribution in [1.82, 2.24) is 4.90 Å². The summed E-state index contributed by atoms with van der Waals surface area (Å²) >= 11 is 0. The number of hydrogen-bond acceptors (Lipinski definition) is 6. The quantitative estimate of drug-likeness (QED) is 0.331. The summed E-state index contributed by atoms with van der Waals surface area (Å²) in [5.74, 6) is -3.67. The Hall–Kier alpha value is -3.63. The molecule has 1 aliphatic carbocycles. The average molecular weight is 714 g/mol. The summed E-state index contributed by atoms with van der Waals surface area (Å²) in [6, 6.07) is 4.46. The lowest BCUT2D eigenvalue weighted by molar-refractivity contribution is -0.348. The number of carboxylic acids is 1. The van der Waals surface area contributed by atoms with Crippen LogP contribution in [0.2, 0.25) is 0 Å². The van der Waals surface area contributed by atoms with Gasteiger partial charge in [0.15, 0.2) is 15.5 Å². The molecule has 1 amide bonds. The van der Waals surface area contributed by atoms with Gasteiger partial charge in [0.25, 0.3) is 5.91 Å². The molecule has 2 aliphatic heterocycles. The first kappa shape index (κ1) is 35.7. The number of sulfone groups is 1. The topological polar surface area (TPSA) is 110 Å². The zero-order chi connectivity index (χ0) is 35.5. The molecule has 2 fully saturated rings. The molecule has 2 aromatic rings. The molecule has 0 radical (unpaired) electrons. The van der Waals surface area contributed by atoms with Crippen molar-refractivity contribution in [2.24, 2.45) is 5.92 Å². The van der Waals surface area contributed by atoms with Crippen LogP contribution in [0.4, 0.5) is 35.1 Å². The van der Waals surface area contributed by atoms with E-state index in [9.17, 15) is 49.5 Å². The molecule has 1 saturated heterocycles. The third kappa shape index (κ3) is 5.45. The van der Waals surface area contributed by atoms with Gasteiger partial charge in [-0.2, -0.15) is 26.3 Å². The first-order valence-corrected chi connectivity index (χ1v) is 16.5. The summed E-state index contributed by atoms with van der Waals surface area (Å²) < 4.78 is 151. The van der Waals surface area contributed by atoms with E-state index in [0.717, 1.165) is 4.90 Å². The minimum atomic E-state index is -6.45. The minimum absolute atomic E-state index is 0.0916. The van der Waals surface area contributed by atoms with Gasteiger partial charge in [-0.1, -0.05) is 12.1 Å². The van der Waals surface area contributed by atoms with Gasteiger partial charge in [0.05, 0.1) is 23.5 Å². The summed E-state index contributed by atoms with van der Waals surface area (Å²) in [4.78, 5) is 25.9. The van der Waals surface area contributed by atoms with Crippen molar-refractivity contribution in [3.05, 3.63) is 53.6 Å². The lowest BCUT2D eigenvalue weighted by atomic mass is 9.76. The number of halogens is 8. The van der Waals surface area contributed by atoms with E-state index in [1.54, 1.807) is 6.92 Å². The summed E-state index contributed by atoms with van der Waals surface area (Å²) in [5, 5.41) is 9.32. The molecule has 17 heteroatoms. The molecular weight excluding hydrogens is 682 g/mol. The molecule has 1 saturated carbocycles.